The number of amides is 1. The number of aryl methyl sites for hydroxylation is 1. The Morgan fingerprint density at radius 3 is 2.33 bits per heavy atom. The molecule has 40 heavy (non-hydrogen) atoms. The van der Waals surface area contributed by atoms with Crippen LogP contribution < -0.4 is 10.3 Å². The number of thiazole rings is 2. The summed E-state index contributed by atoms with van der Waals surface area (Å²) in [6.07, 6.45) is 0. The number of hydrogen-bond donors (Lipinski definition) is 1. The van der Waals surface area contributed by atoms with Crippen molar-refractivity contribution in [3.8, 4) is 10.6 Å². The second-order valence-corrected chi connectivity index (χ2v) is 11.6. The molecule has 0 saturated heterocycles. The van der Waals surface area contributed by atoms with E-state index in [4.69, 9.17) is 10.1 Å². The number of carbonyl (C=O) groups excluding carboxylic acids is 1. The summed E-state index contributed by atoms with van der Waals surface area (Å²) in [4.78, 5) is 23.3. The van der Waals surface area contributed by atoms with Gasteiger partial charge in [0.05, 0.1) is 26.0 Å². The van der Waals surface area contributed by atoms with Crippen LogP contribution in [0.25, 0.3) is 31.0 Å². The zero-order valence-electron chi connectivity index (χ0n) is 21.8. The summed E-state index contributed by atoms with van der Waals surface area (Å²) in [7, 11) is 0. The normalized spacial score (nSPS) is 14.7. The number of allylic oxidation sites excluding steroid dienone is 1. The lowest BCUT2D eigenvalue weighted by atomic mass is 10.0. The molecule has 4 aromatic carbocycles. The maximum absolute atomic E-state index is 13.8. The van der Waals surface area contributed by atoms with E-state index in [2.05, 4.69) is 47.6 Å². The molecule has 1 aliphatic heterocycles. The third-order valence-electron chi connectivity index (χ3n) is 6.74. The van der Waals surface area contributed by atoms with Gasteiger partial charge in [0, 0.05) is 22.5 Å². The van der Waals surface area contributed by atoms with Crippen LogP contribution in [0.2, 0.25) is 0 Å². The summed E-state index contributed by atoms with van der Waals surface area (Å²) in [5.74, 6) is -0.204. The van der Waals surface area contributed by atoms with E-state index in [0.29, 0.717) is 16.4 Å². The van der Waals surface area contributed by atoms with Crippen molar-refractivity contribution >= 4 is 65.5 Å². The van der Waals surface area contributed by atoms with E-state index in [1.165, 1.54) is 26.6 Å². The van der Waals surface area contributed by atoms with Crippen LogP contribution in [0.3, 0.4) is 0 Å². The van der Waals surface area contributed by atoms with Gasteiger partial charge in [-0.05, 0) is 67.9 Å². The fourth-order valence-electron chi connectivity index (χ4n) is 4.75. The molecule has 0 saturated carbocycles. The van der Waals surface area contributed by atoms with E-state index in [1.54, 1.807) is 11.3 Å². The molecule has 2 aromatic heterocycles. The van der Waals surface area contributed by atoms with Crippen molar-refractivity contribution < 1.29 is 4.79 Å². The van der Waals surface area contributed by atoms with Crippen LogP contribution in [0.4, 0.5) is 10.8 Å². The number of carbonyl (C=O) groups is 1. The van der Waals surface area contributed by atoms with Gasteiger partial charge in [0.25, 0.3) is 5.91 Å². The summed E-state index contributed by atoms with van der Waals surface area (Å²) in [5.41, 5.74) is 7.77. The highest BCUT2D eigenvalue weighted by Gasteiger charge is 2.35. The van der Waals surface area contributed by atoms with Gasteiger partial charge in [-0.15, -0.1) is 11.3 Å². The molecule has 3 heterocycles. The number of rotatable bonds is 5. The van der Waals surface area contributed by atoms with E-state index >= 15 is 0 Å². The molecule has 1 amide bonds. The lowest BCUT2D eigenvalue weighted by Gasteiger charge is -2.12. The summed E-state index contributed by atoms with van der Waals surface area (Å²) >= 11 is 3.14. The highest BCUT2D eigenvalue weighted by Crippen LogP contribution is 2.35. The van der Waals surface area contributed by atoms with Gasteiger partial charge in [-0.25, -0.2) is 9.97 Å². The first-order chi connectivity index (χ1) is 19.5. The van der Waals surface area contributed by atoms with Gasteiger partial charge in [-0.2, -0.15) is 10.1 Å². The van der Waals surface area contributed by atoms with Gasteiger partial charge < -0.3 is 5.32 Å². The lowest BCUT2D eigenvalue weighted by molar-refractivity contribution is -0.114. The molecule has 0 unspecified atom stereocenters. The van der Waals surface area contributed by atoms with Crippen LogP contribution >= 0.6 is 22.7 Å². The number of para-hydroxylation sites is 1. The molecular weight excluding hydrogens is 535 g/mol. The van der Waals surface area contributed by atoms with Crippen LogP contribution in [-0.4, -0.2) is 21.6 Å². The number of nitrogens with zero attached hydrogens (tertiary/aromatic N) is 4. The van der Waals surface area contributed by atoms with Gasteiger partial charge in [-0.1, -0.05) is 59.9 Å². The summed E-state index contributed by atoms with van der Waals surface area (Å²) in [6.45, 7) is 4.01. The molecule has 194 valence electrons. The third kappa shape index (κ3) is 4.37. The number of hydrazone groups is 1. The Bertz CT molecular complexity index is 1940. The Morgan fingerprint density at radius 2 is 1.52 bits per heavy atom. The SMILES string of the molecule is C/C(Nc1ccc(-c2nc3ccc(C)cc3s2)cc1)=C1/C(=O)N(c2nc3ccccc3s2)N=C1c1ccccc1. The molecule has 0 aliphatic carbocycles. The van der Waals surface area contributed by atoms with Crippen LogP contribution in [0.1, 0.15) is 18.1 Å². The molecular formula is C32H23N5OS2. The zero-order chi connectivity index (χ0) is 27.2. The largest absolute Gasteiger partial charge is 0.358 e. The fraction of sp³-hybridized carbons (Fsp3) is 0.0625. The first-order valence-corrected chi connectivity index (χ1v) is 14.5. The Labute approximate surface area is 239 Å². The van der Waals surface area contributed by atoms with Crippen molar-refractivity contribution in [3.63, 3.8) is 0 Å². The van der Waals surface area contributed by atoms with E-state index in [-0.39, 0.29) is 5.91 Å². The van der Waals surface area contributed by atoms with Gasteiger partial charge in [0.2, 0.25) is 5.13 Å². The van der Waals surface area contributed by atoms with Gasteiger partial charge in [-0.3, -0.25) is 4.79 Å². The minimum absolute atomic E-state index is 0.204. The predicted octanol–water partition coefficient (Wildman–Crippen LogP) is 8.02. The fourth-order valence-corrected chi connectivity index (χ4v) is 6.73. The monoisotopic (exact) mass is 557 g/mol. The molecule has 7 rings (SSSR count). The minimum atomic E-state index is -0.204. The van der Waals surface area contributed by atoms with Crippen LogP contribution in [-0.2, 0) is 4.79 Å². The van der Waals surface area contributed by atoms with Crippen molar-refractivity contribution in [1.82, 2.24) is 9.97 Å². The Hall–Kier alpha value is -4.66. The minimum Gasteiger partial charge on any atom is -0.358 e. The lowest BCUT2D eigenvalue weighted by Crippen LogP contribution is -2.23. The predicted molar refractivity (Wildman–Crippen MR) is 166 cm³/mol. The Morgan fingerprint density at radius 1 is 0.775 bits per heavy atom. The van der Waals surface area contributed by atoms with Crippen molar-refractivity contribution in [2.75, 3.05) is 10.3 Å². The van der Waals surface area contributed by atoms with E-state index < -0.39 is 0 Å². The van der Waals surface area contributed by atoms with Crippen molar-refractivity contribution in [3.05, 3.63) is 119 Å². The molecule has 6 nitrogen and oxygen atoms in total. The van der Waals surface area contributed by atoms with Gasteiger partial charge in [0.1, 0.15) is 10.7 Å². The number of nitrogens with one attached hydrogen (secondary N) is 1. The van der Waals surface area contributed by atoms with Crippen LogP contribution in [0.15, 0.2) is 113 Å². The van der Waals surface area contributed by atoms with Crippen molar-refractivity contribution in [2.45, 2.75) is 13.8 Å². The smallest absolute Gasteiger partial charge is 0.284 e. The molecule has 0 radical (unpaired) electrons. The molecule has 0 fully saturated rings. The first-order valence-electron chi connectivity index (χ1n) is 12.8. The first kappa shape index (κ1) is 24.4. The van der Waals surface area contributed by atoms with Crippen molar-refractivity contribution in [1.29, 1.82) is 0 Å². The van der Waals surface area contributed by atoms with Crippen LogP contribution in [0.5, 0.6) is 0 Å². The third-order valence-corrected chi connectivity index (χ3v) is 8.82. The Balaban J connectivity index is 1.22. The summed E-state index contributed by atoms with van der Waals surface area (Å²) in [6, 6.07) is 32.1. The van der Waals surface area contributed by atoms with E-state index in [9.17, 15) is 4.79 Å². The molecule has 0 atom stereocenters. The summed E-state index contributed by atoms with van der Waals surface area (Å²) in [5, 5.41) is 11.2. The number of benzene rings is 4. The summed E-state index contributed by atoms with van der Waals surface area (Å²) < 4.78 is 2.19. The second kappa shape index (κ2) is 9.82. The van der Waals surface area contributed by atoms with Gasteiger partial charge in [0.15, 0.2) is 0 Å². The molecule has 0 bridgehead atoms. The average molecular weight is 558 g/mol. The van der Waals surface area contributed by atoms with Gasteiger partial charge >= 0.3 is 0 Å². The van der Waals surface area contributed by atoms with Crippen molar-refractivity contribution in [2.24, 2.45) is 5.10 Å². The second-order valence-electron chi connectivity index (χ2n) is 9.59. The Kier molecular flexibility index (Phi) is 5.99. The molecule has 1 aliphatic rings. The van der Waals surface area contributed by atoms with E-state index in [1.807, 2.05) is 73.7 Å². The molecule has 0 spiro atoms. The number of anilines is 2. The maximum atomic E-state index is 13.8. The quantitative estimate of drug-likeness (QED) is 0.218. The molecule has 8 heteroatoms. The highest BCUT2D eigenvalue weighted by molar-refractivity contribution is 7.22. The maximum Gasteiger partial charge on any atom is 0.284 e. The van der Waals surface area contributed by atoms with E-state index in [0.717, 1.165) is 43.3 Å². The number of fused-ring (bicyclic) bond motifs is 2. The number of aromatic nitrogens is 2. The highest BCUT2D eigenvalue weighted by atomic mass is 32.1. The number of hydrogen-bond acceptors (Lipinski definition) is 7. The topological polar surface area (TPSA) is 70.5 Å². The average Bonchev–Trinajstić information content (AvgIpc) is 3.68. The van der Waals surface area contributed by atoms with Crippen LogP contribution in [0, 0.1) is 6.92 Å². The zero-order valence-corrected chi connectivity index (χ0v) is 23.4. The standard InChI is InChI=1S/C32H23N5OS2/c1-19-12-17-25-27(18-19)39-30(34-25)22-13-15-23(16-14-22)33-20(2)28-29(21-8-4-3-5-9-21)36-37(31(28)38)32-35-24-10-6-7-11-26(24)40-32/h3-18,33H,1-2H3/b28-20-. The molecule has 1 N–H and O–H groups in total. The molecule has 6 aromatic rings.